The summed E-state index contributed by atoms with van der Waals surface area (Å²) < 4.78 is 7.83. The van der Waals surface area contributed by atoms with E-state index in [1.165, 1.54) is 12.8 Å². The summed E-state index contributed by atoms with van der Waals surface area (Å²) in [7, 11) is 0. The Bertz CT molecular complexity index is 563. The van der Waals surface area contributed by atoms with Gasteiger partial charge in [-0.3, -0.25) is 9.67 Å². The lowest BCUT2D eigenvalue weighted by atomic mass is 10.2. The van der Waals surface area contributed by atoms with Gasteiger partial charge in [0.25, 0.3) is 0 Å². The lowest BCUT2D eigenvalue weighted by molar-refractivity contribution is 0.469. The Kier molecular flexibility index (Phi) is 3.97. The predicted octanol–water partition coefficient (Wildman–Crippen LogP) is 2.73. The summed E-state index contributed by atoms with van der Waals surface area (Å²) in [5, 5.41) is 7.76. The van der Waals surface area contributed by atoms with Crippen molar-refractivity contribution in [2.45, 2.75) is 45.3 Å². The number of hydrogen-bond donors (Lipinski definition) is 1. The van der Waals surface area contributed by atoms with Crippen LogP contribution in [0.3, 0.4) is 0 Å². The van der Waals surface area contributed by atoms with Crippen molar-refractivity contribution < 1.29 is 4.74 Å². The minimum absolute atomic E-state index is 0.676. The zero-order valence-corrected chi connectivity index (χ0v) is 11.7. The van der Waals surface area contributed by atoms with Gasteiger partial charge in [0.2, 0.25) is 0 Å². The molecule has 0 atom stereocenters. The topological polar surface area (TPSA) is 52.0 Å². The first kappa shape index (κ1) is 13.1. The van der Waals surface area contributed by atoms with E-state index in [1.54, 1.807) is 12.4 Å². The zero-order chi connectivity index (χ0) is 13.8. The minimum Gasteiger partial charge on any atom is -0.454 e. The highest BCUT2D eigenvalue weighted by Gasteiger charge is 2.20. The molecule has 0 spiro atoms. The van der Waals surface area contributed by atoms with Crippen LogP contribution >= 0.6 is 0 Å². The van der Waals surface area contributed by atoms with Crippen molar-refractivity contribution in [3.8, 4) is 11.5 Å². The number of nitrogens with one attached hydrogen (secondary N) is 1. The molecule has 0 amide bonds. The molecular weight excluding hydrogens is 252 g/mol. The van der Waals surface area contributed by atoms with Gasteiger partial charge < -0.3 is 10.1 Å². The molecule has 20 heavy (non-hydrogen) atoms. The van der Waals surface area contributed by atoms with Gasteiger partial charge in [-0.05, 0) is 25.3 Å². The monoisotopic (exact) mass is 272 g/mol. The molecule has 106 valence electrons. The van der Waals surface area contributed by atoms with Crippen LogP contribution in [0.15, 0.2) is 30.9 Å². The first-order chi connectivity index (χ1) is 9.85. The average Bonchev–Trinajstić information content (AvgIpc) is 3.19. The SMILES string of the molecule is CCCn1cc(Oc2ccncc2CNC2CC2)cn1. The molecule has 2 aromatic rings. The Balaban J connectivity index is 1.68. The summed E-state index contributed by atoms with van der Waals surface area (Å²) in [6.07, 6.45) is 10.9. The van der Waals surface area contributed by atoms with Gasteiger partial charge in [0.1, 0.15) is 5.75 Å². The Hall–Kier alpha value is -1.88. The number of rotatable bonds is 7. The van der Waals surface area contributed by atoms with Crippen LogP contribution in [0.2, 0.25) is 0 Å². The van der Waals surface area contributed by atoms with E-state index in [-0.39, 0.29) is 0 Å². The van der Waals surface area contributed by atoms with E-state index in [0.29, 0.717) is 6.04 Å². The van der Waals surface area contributed by atoms with Gasteiger partial charge >= 0.3 is 0 Å². The largest absolute Gasteiger partial charge is 0.454 e. The molecule has 0 saturated heterocycles. The molecule has 5 heteroatoms. The van der Waals surface area contributed by atoms with Crippen LogP contribution in [0.1, 0.15) is 31.7 Å². The Morgan fingerprint density at radius 3 is 3.10 bits per heavy atom. The summed E-state index contributed by atoms with van der Waals surface area (Å²) in [6.45, 7) is 3.85. The molecule has 2 aromatic heterocycles. The van der Waals surface area contributed by atoms with Gasteiger partial charge in [0.05, 0.1) is 12.4 Å². The van der Waals surface area contributed by atoms with Gasteiger partial charge in [-0.2, -0.15) is 5.10 Å². The van der Waals surface area contributed by atoms with Crippen LogP contribution < -0.4 is 10.1 Å². The number of aromatic nitrogens is 3. The highest BCUT2D eigenvalue weighted by molar-refractivity contribution is 5.34. The Morgan fingerprint density at radius 1 is 1.40 bits per heavy atom. The predicted molar refractivity (Wildman–Crippen MR) is 76.7 cm³/mol. The summed E-state index contributed by atoms with van der Waals surface area (Å²) in [6, 6.07) is 2.58. The van der Waals surface area contributed by atoms with Crippen LogP contribution in [0, 0.1) is 0 Å². The molecule has 3 rings (SSSR count). The average molecular weight is 272 g/mol. The first-order valence-corrected chi connectivity index (χ1v) is 7.21. The molecule has 0 bridgehead atoms. The quantitative estimate of drug-likeness (QED) is 0.842. The van der Waals surface area contributed by atoms with Gasteiger partial charge in [0.15, 0.2) is 5.75 Å². The van der Waals surface area contributed by atoms with Crippen molar-refractivity contribution in [3.63, 3.8) is 0 Å². The summed E-state index contributed by atoms with van der Waals surface area (Å²) in [4.78, 5) is 4.18. The van der Waals surface area contributed by atoms with Crippen LogP contribution in [0.4, 0.5) is 0 Å². The first-order valence-electron chi connectivity index (χ1n) is 7.21. The second-order valence-corrected chi connectivity index (χ2v) is 5.18. The van der Waals surface area contributed by atoms with Crippen molar-refractivity contribution in [2.75, 3.05) is 0 Å². The van der Waals surface area contributed by atoms with Gasteiger partial charge in [0, 0.05) is 37.1 Å². The van der Waals surface area contributed by atoms with Crippen LogP contribution in [-0.4, -0.2) is 20.8 Å². The molecule has 5 nitrogen and oxygen atoms in total. The highest BCUT2D eigenvalue weighted by atomic mass is 16.5. The maximum atomic E-state index is 5.93. The standard InChI is InChI=1S/C15H20N4O/c1-2-7-19-11-14(10-18-19)20-15-5-6-16-8-12(15)9-17-13-3-4-13/h5-6,8,10-11,13,17H,2-4,7,9H2,1H3. The third kappa shape index (κ3) is 3.36. The number of aryl methyl sites for hydroxylation is 1. The van der Waals surface area contributed by atoms with Crippen molar-refractivity contribution in [3.05, 3.63) is 36.4 Å². The van der Waals surface area contributed by atoms with E-state index in [2.05, 4.69) is 22.3 Å². The molecule has 0 radical (unpaired) electrons. The van der Waals surface area contributed by atoms with E-state index in [1.807, 2.05) is 23.1 Å². The normalized spacial score (nSPS) is 14.4. The van der Waals surface area contributed by atoms with Crippen LogP contribution in [-0.2, 0) is 13.1 Å². The molecule has 0 aromatic carbocycles. The number of pyridine rings is 1. The second-order valence-electron chi connectivity index (χ2n) is 5.18. The molecule has 2 heterocycles. The maximum Gasteiger partial charge on any atom is 0.165 e. The van der Waals surface area contributed by atoms with E-state index in [0.717, 1.165) is 36.6 Å². The number of ether oxygens (including phenoxy) is 1. The van der Waals surface area contributed by atoms with E-state index in [9.17, 15) is 0 Å². The van der Waals surface area contributed by atoms with E-state index >= 15 is 0 Å². The zero-order valence-electron chi connectivity index (χ0n) is 11.7. The fourth-order valence-corrected chi connectivity index (χ4v) is 2.06. The third-order valence-corrected chi connectivity index (χ3v) is 3.31. The lowest BCUT2D eigenvalue weighted by Gasteiger charge is -2.09. The van der Waals surface area contributed by atoms with Crippen LogP contribution in [0.25, 0.3) is 0 Å². The molecule has 0 unspecified atom stereocenters. The molecule has 1 N–H and O–H groups in total. The molecule has 1 aliphatic rings. The fourth-order valence-electron chi connectivity index (χ4n) is 2.06. The van der Waals surface area contributed by atoms with Crippen molar-refractivity contribution in [1.29, 1.82) is 0 Å². The summed E-state index contributed by atoms with van der Waals surface area (Å²) in [5.41, 5.74) is 1.09. The van der Waals surface area contributed by atoms with Crippen molar-refractivity contribution >= 4 is 0 Å². The molecule has 1 fully saturated rings. The van der Waals surface area contributed by atoms with Gasteiger partial charge in [-0.25, -0.2) is 0 Å². The summed E-state index contributed by atoms with van der Waals surface area (Å²) in [5.74, 6) is 1.63. The smallest absolute Gasteiger partial charge is 0.165 e. The Labute approximate surface area is 119 Å². The minimum atomic E-state index is 0.676. The number of nitrogens with zero attached hydrogens (tertiary/aromatic N) is 3. The van der Waals surface area contributed by atoms with Crippen molar-refractivity contribution in [2.24, 2.45) is 0 Å². The Morgan fingerprint density at radius 2 is 2.30 bits per heavy atom. The second kappa shape index (κ2) is 6.05. The third-order valence-electron chi connectivity index (χ3n) is 3.31. The fraction of sp³-hybridized carbons (Fsp3) is 0.467. The van der Waals surface area contributed by atoms with Crippen LogP contribution in [0.5, 0.6) is 11.5 Å². The van der Waals surface area contributed by atoms with Gasteiger partial charge in [-0.15, -0.1) is 0 Å². The lowest BCUT2D eigenvalue weighted by Crippen LogP contribution is -2.15. The van der Waals surface area contributed by atoms with Gasteiger partial charge in [-0.1, -0.05) is 6.92 Å². The van der Waals surface area contributed by atoms with E-state index in [4.69, 9.17) is 4.74 Å². The highest BCUT2D eigenvalue weighted by Crippen LogP contribution is 2.25. The van der Waals surface area contributed by atoms with Crippen molar-refractivity contribution in [1.82, 2.24) is 20.1 Å². The molecule has 0 aliphatic heterocycles. The number of hydrogen-bond acceptors (Lipinski definition) is 4. The van der Waals surface area contributed by atoms with E-state index < -0.39 is 0 Å². The molecular formula is C15H20N4O. The summed E-state index contributed by atoms with van der Waals surface area (Å²) >= 11 is 0. The maximum absolute atomic E-state index is 5.93. The molecule has 1 aliphatic carbocycles. The molecule has 1 saturated carbocycles.